The third-order valence-electron chi connectivity index (χ3n) is 5.17. The Hall–Kier alpha value is -2.60. The van der Waals surface area contributed by atoms with Crippen molar-refractivity contribution >= 4 is 10.9 Å². The Morgan fingerprint density at radius 3 is 2.32 bits per heavy atom. The fraction of sp³-hybridized carbons (Fsp3) is 0.318. The molecule has 0 amide bonds. The summed E-state index contributed by atoms with van der Waals surface area (Å²) in [5.41, 5.74) is 1.13. The molecule has 0 spiro atoms. The van der Waals surface area contributed by atoms with Gasteiger partial charge >= 0.3 is 6.18 Å². The summed E-state index contributed by atoms with van der Waals surface area (Å²) in [5, 5.41) is 0.921. The normalized spacial score (nSPS) is 17.5. The van der Waals surface area contributed by atoms with E-state index in [-0.39, 0.29) is 11.7 Å². The molecule has 0 radical (unpaired) electrons. The molecule has 6 heteroatoms. The molecule has 1 aromatic heterocycles. The highest BCUT2D eigenvalue weighted by Gasteiger charge is 2.45. The zero-order valence-electron chi connectivity index (χ0n) is 15.3. The molecule has 1 aliphatic rings. The van der Waals surface area contributed by atoms with Crippen molar-refractivity contribution in [1.82, 2.24) is 9.88 Å². The molecule has 1 aliphatic heterocycles. The zero-order chi connectivity index (χ0) is 19.6. The number of ether oxygens (including phenoxy) is 1. The van der Waals surface area contributed by atoms with Gasteiger partial charge < -0.3 is 4.74 Å². The van der Waals surface area contributed by atoms with Gasteiger partial charge in [-0.25, -0.2) is 0 Å². The fourth-order valence-corrected chi connectivity index (χ4v) is 3.85. The monoisotopic (exact) mass is 386 g/mol. The van der Waals surface area contributed by atoms with Gasteiger partial charge in [0.1, 0.15) is 17.9 Å². The van der Waals surface area contributed by atoms with Gasteiger partial charge in [-0.15, -0.1) is 0 Å². The summed E-state index contributed by atoms with van der Waals surface area (Å²) in [7, 11) is 0. The third kappa shape index (κ3) is 3.97. The minimum absolute atomic E-state index is 0.105. The molecule has 2 aromatic carbocycles. The maximum Gasteiger partial charge on any atom is 0.408 e. The first-order chi connectivity index (χ1) is 13.5. The van der Waals surface area contributed by atoms with E-state index in [1.54, 1.807) is 36.5 Å². The molecule has 1 atom stereocenters. The Labute approximate surface area is 161 Å². The summed E-state index contributed by atoms with van der Waals surface area (Å²) < 4.78 is 47.3. The molecule has 3 nitrogen and oxygen atoms in total. The predicted molar refractivity (Wildman–Crippen MR) is 102 cm³/mol. The highest BCUT2D eigenvalue weighted by atomic mass is 19.4. The molecule has 0 bridgehead atoms. The van der Waals surface area contributed by atoms with E-state index in [2.05, 4.69) is 4.98 Å². The Morgan fingerprint density at radius 1 is 0.929 bits per heavy atom. The number of nitrogens with zero attached hydrogens (tertiary/aromatic N) is 2. The van der Waals surface area contributed by atoms with Crippen molar-refractivity contribution in [2.75, 3.05) is 13.1 Å². The van der Waals surface area contributed by atoms with Crippen molar-refractivity contribution in [2.24, 2.45) is 0 Å². The number of alkyl halides is 3. The van der Waals surface area contributed by atoms with E-state index in [4.69, 9.17) is 4.74 Å². The Morgan fingerprint density at radius 2 is 1.61 bits per heavy atom. The SMILES string of the molecule is FC(F)(F)C(c1ccccc1)N1CCC(Oc2ccnc3ccccc23)CC1. The van der Waals surface area contributed by atoms with Crippen LogP contribution in [0, 0.1) is 0 Å². The topological polar surface area (TPSA) is 25.4 Å². The van der Waals surface area contributed by atoms with Crippen LogP contribution in [0.3, 0.4) is 0 Å². The van der Waals surface area contributed by atoms with Gasteiger partial charge in [-0.2, -0.15) is 13.2 Å². The first-order valence-electron chi connectivity index (χ1n) is 9.38. The van der Waals surface area contributed by atoms with Crippen LogP contribution < -0.4 is 4.74 Å². The molecular formula is C22H21F3N2O. The number of benzene rings is 2. The van der Waals surface area contributed by atoms with Crippen molar-refractivity contribution in [1.29, 1.82) is 0 Å². The van der Waals surface area contributed by atoms with E-state index < -0.39 is 12.2 Å². The van der Waals surface area contributed by atoms with Crippen LogP contribution in [-0.4, -0.2) is 35.3 Å². The molecule has 28 heavy (non-hydrogen) atoms. The van der Waals surface area contributed by atoms with Gasteiger partial charge in [-0.05, 0) is 36.6 Å². The largest absolute Gasteiger partial charge is 0.490 e. The molecule has 1 fully saturated rings. The smallest absolute Gasteiger partial charge is 0.408 e. The Kier molecular flexibility index (Phi) is 5.22. The van der Waals surface area contributed by atoms with Crippen LogP contribution in [0.15, 0.2) is 66.9 Å². The number of pyridine rings is 1. The number of rotatable bonds is 4. The number of likely N-dealkylation sites (tertiary alicyclic amines) is 1. The van der Waals surface area contributed by atoms with Gasteiger partial charge in [0.15, 0.2) is 0 Å². The Bertz CT molecular complexity index is 916. The minimum atomic E-state index is -4.31. The zero-order valence-corrected chi connectivity index (χ0v) is 15.3. The van der Waals surface area contributed by atoms with Gasteiger partial charge in [-0.3, -0.25) is 9.88 Å². The summed E-state index contributed by atoms with van der Waals surface area (Å²) in [6, 6.07) is 16.1. The number of piperidine rings is 1. The molecule has 4 rings (SSSR count). The van der Waals surface area contributed by atoms with Gasteiger partial charge in [0.2, 0.25) is 0 Å². The predicted octanol–water partition coefficient (Wildman–Crippen LogP) is 5.38. The van der Waals surface area contributed by atoms with Crippen LogP contribution in [0.25, 0.3) is 10.9 Å². The third-order valence-corrected chi connectivity index (χ3v) is 5.17. The van der Waals surface area contributed by atoms with Crippen LogP contribution in [0.4, 0.5) is 13.2 Å². The number of hydrogen-bond donors (Lipinski definition) is 0. The molecule has 146 valence electrons. The van der Waals surface area contributed by atoms with Crippen molar-refractivity contribution in [3.05, 3.63) is 72.4 Å². The van der Waals surface area contributed by atoms with Gasteiger partial charge in [-0.1, -0.05) is 42.5 Å². The number of aromatic nitrogens is 1. The quantitative estimate of drug-likeness (QED) is 0.602. The summed E-state index contributed by atoms with van der Waals surface area (Å²) in [5.74, 6) is 0.736. The molecule has 2 heterocycles. The average molecular weight is 386 g/mol. The molecule has 1 unspecified atom stereocenters. The minimum Gasteiger partial charge on any atom is -0.490 e. The lowest BCUT2D eigenvalue weighted by atomic mass is 10.00. The molecule has 0 saturated carbocycles. The van der Waals surface area contributed by atoms with Gasteiger partial charge in [0.05, 0.1) is 5.52 Å². The summed E-state index contributed by atoms with van der Waals surface area (Å²) in [4.78, 5) is 5.83. The molecule has 0 aliphatic carbocycles. The van der Waals surface area contributed by atoms with E-state index in [0.29, 0.717) is 25.9 Å². The van der Waals surface area contributed by atoms with E-state index in [0.717, 1.165) is 16.7 Å². The summed E-state index contributed by atoms with van der Waals surface area (Å²) in [6.07, 6.45) is -1.61. The van der Waals surface area contributed by atoms with Crippen molar-refractivity contribution in [2.45, 2.75) is 31.2 Å². The highest BCUT2D eigenvalue weighted by Crippen LogP contribution is 2.39. The van der Waals surface area contributed by atoms with Crippen LogP contribution >= 0.6 is 0 Å². The Balaban J connectivity index is 1.46. The summed E-state index contributed by atoms with van der Waals surface area (Å²) >= 11 is 0. The molecule has 3 aromatic rings. The van der Waals surface area contributed by atoms with Gasteiger partial charge in [0.25, 0.3) is 0 Å². The lowest BCUT2D eigenvalue weighted by Crippen LogP contribution is -2.45. The molecule has 0 N–H and O–H groups in total. The number of fused-ring (bicyclic) bond motifs is 1. The van der Waals surface area contributed by atoms with Crippen molar-refractivity contribution in [3.8, 4) is 5.75 Å². The second kappa shape index (κ2) is 7.80. The van der Waals surface area contributed by atoms with Crippen LogP contribution in [-0.2, 0) is 0 Å². The maximum absolute atomic E-state index is 13.7. The van der Waals surface area contributed by atoms with Crippen LogP contribution in [0.1, 0.15) is 24.4 Å². The maximum atomic E-state index is 13.7. The second-order valence-electron chi connectivity index (χ2n) is 7.03. The van der Waals surface area contributed by atoms with E-state index in [9.17, 15) is 13.2 Å². The first-order valence-corrected chi connectivity index (χ1v) is 9.38. The summed E-state index contributed by atoms with van der Waals surface area (Å²) in [6.45, 7) is 0.680. The van der Waals surface area contributed by atoms with E-state index in [1.807, 2.05) is 30.3 Å². The first kappa shape index (κ1) is 18.7. The number of para-hydroxylation sites is 1. The van der Waals surface area contributed by atoms with Gasteiger partial charge in [0, 0.05) is 24.7 Å². The van der Waals surface area contributed by atoms with E-state index in [1.165, 1.54) is 4.90 Å². The van der Waals surface area contributed by atoms with Crippen LogP contribution in [0.2, 0.25) is 0 Å². The van der Waals surface area contributed by atoms with E-state index >= 15 is 0 Å². The molecule has 1 saturated heterocycles. The van der Waals surface area contributed by atoms with Crippen LogP contribution in [0.5, 0.6) is 5.75 Å². The average Bonchev–Trinajstić information content (AvgIpc) is 2.70. The van der Waals surface area contributed by atoms with Crippen molar-refractivity contribution in [3.63, 3.8) is 0 Å². The highest BCUT2D eigenvalue weighted by molar-refractivity contribution is 5.84. The second-order valence-corrected chi connectivity index (χ2v) is 7.03. The molecular weight excluding hydrogens is 365 g/mol. The fourth-order valence-electron chi connectivity index (χ4n) is 3.85. The lowest BCUT2D eigenvalue weighted by Gasteiger charge is -2.38. The number of halogens is 3. The lowest BCUT2D eigenvalue weighted by molar-refractivity contribution is -0.190. The van der Waals surface area contributed by atoms with Crippen molar-refractivity contribution < 1.29 is 17.9 Å². The standard InChI is InChI=1S/C22H21F3N2O/c23-22(24,25)21(16-6-2-1-3-7-16)27-14-11-17(12-15-27)28-20-10-13-26-19-9-5-4-8-18(19)20/h1-10,13,17,21H,11-12,14-15H2. The number of hydrogen-bond acceptors (Lipinski definition) is 3.